The van der Waals surface area contributed by atoms with Gasteiger partial charge in [0, 0.05) is 10.0 Å². The van der Waals surface area contributed by atoms with Crippen LogP contribution < -0.4 is 5.32 Å². The van der Waals surface area contributed by atoms with Gasteiger partial charge in [0.25, 0.3) is 5.91 Å². The fraction of sp³-hybridized carbons (Fsp3) is 0.267. The van der Waals surface area contributed by atoms with Gasteiger partial charge in [0.2, 0.25) is 0 Å². The van der Waals surface area contributed by atoms with Crippen LogP contribution >= 0.6 is 27.5 Å². The zero-order valence-electron chi connectivity index (χ0n) is 11.5. The van der Waals surface area contributed by atoms with Crippen LogP contribution in [0.25, 0.3) is 0 Å². The number of rotatable bonds is 3. The normalized spacial score (nSPS) is 12.2. The summed E-state index contributed by atoms with van der Waals surface area (Å²) in [4.78, 5) is 12.2. The van der Waals surface area contributed by atoms with Crippen molar-refractivity contribution in [3.8, 4) is 0 Å². The molecule has 1 atom stereocenters. The minimum absolute atomic E-state index is 0.139. The molecule has 20 heavy (non-hydrogen) atoms. The molecule has 2 rings (SSSR count). The Balaban J connectivity index is 2.17. The third-order valence-corrected chi connectivity index (χ3v) is 3.88. The van der Waals surface area contributed by atoms with Crippen molar-refractivity contribution >= 4 is 33.4 Å². The number of carbonyl (C=O) groups excluding carboxylic acids is 1. The summed E-state index contributed by atoms with van der Waals surface area (Å²) in [6.45, 7) is 5.69. The first-order valence-corrected chi connectivity index (χ1v) is 7.38. The summed E-state index contributed by atoms with van der Waals surface area (Å²) in [6, 6.07) is 6.98. The fourth-order valence-corrected chi connectivity index (χ4v) is 2.87. The Morgan fingerprint density at radius 2 is 2.05 bits per heavy atom. The van der Waals surface area contributed by atoms with E-state index in [0.717, 1.165) is 21.6 Å². The largest absolute Gasteiger partial charge is 0.466 e. The number of hydrogen-bond donors (Lipinski definition) is 1. The molecule has 1 aromatic heterocycles. The second-order valence-electron chi connectivity index (χ2n) is 4.69. The lowest BCUT2D eigenvalue weighted by Crippen LogP contribution is -2.27. The molecule has 1 N–H and O–H groups in total. The number of benzene rings is 1. The van der Waals surface area contributed by atoms with Crippen LogP contribution in [0.2, 0.25) is 5.02 Å². The second-order valence-corrected chi connectivity index (χ2v) is 6.01. The molecular formula is C15H15BrClNO2. The molecule has 0 aliphatic heterocycles. The molecule has 1 aromatic carbocycles. The molecule has 0 spiro atoms. The zero-order valence-corrected chi connectivity index (χ0v) is 13.8. The molecule has 0 bridgehead atoms. The average molecular weight is 357 g/mol. The minimum atomic E-state index is -0.201. The number of furan rings is 1. The van der Waals surface area contributed by atoms with E-state index in [2.05, 4.69) is 21.2 Å². The molecular weight excluding hydrogens is 342 g/mol. The zero-order chi connectivity index (χ0) is 14.9. The predicted octanol–water partition coefficient (Wildman–Crippen LogP) is 4.80. The number of nitrogens with one attached hydrogen (secondary N) is 1. The number of amides is 1. The Labute approximate surface area is 131 Å². The van der Waals surface area contributed by atoms with Crippen molar-refractivity contribution < 1.29 is 9.21 Å². The van der Waals surface area contributed by atoms with Gasteiger partial charge in [0.05, 0.1) is 16.6 Å². The van der Waals surface area contributed by atoms with E-state index in [1.807, 2.05) is 26.8 Å². The lowest BCUT2D eigenvalue weighted by molar-refractivity contribution is 0.0940. The summed E-state index contributed by atoms with van der Waals surface area (Å²) >= 11 is 9.40. The maximum atomic E-state index is 12.2. The van der Waals surface area contributed by atoms with Crippen molar-refractivity contribution in [3.63, 3.8) is 0 Å². The summed E-state index contributed by atoms with van der Waals surface area (Å²) in [7, 11) is 0. The van der Waals surface area contributed by atoms with Crippen LogP contribution in [0.5, 0.6) is 0 Å². The van der Waals surface area contributed by atoms with E-state index in [1.54, 1.807) is 18.2 Å². The minimum Gasteiger partial charge on any atom is -0.466 e. The first kappa shape index (κ1) is 15.1. The molecule has 1 unspecified atom stereocenters. The van der Waals surface area contributed by atoms with E-state index in [-0.39, 0.29) is 11.9 Å². The Bertz CT molecular complexity index is 651. The van der Waals surface area contributed by atoms with Crippen molar-refractivity contribution in [1.82, 2.24) is 5.32 Å². The summed E-state index contributed by atoms with van der Waals surface area (Å²) < 4.78 is 6.32. The van der Waals surface area contributed by atoms with Crippen LogP contribution in [0.4, 0.5) is 0 Å². The first-order valence-electron chi connectivity index (χ1n) is 6.21. The molecule has 1 amide bonds. The van der Waals surface area contributed by atoms with E-state index < -0.39 is 0 Å². The van der Waals surface area contributed by atoms with Gasteiger partial charge in [-0.2, -0.15) is 0 Å². The van der Waals surface area contributed by atoms with Crippen LogP contribution in [0.1, 0.15) is 40.4 Å². The van der Waals surface area contributed by atoms with Gasteiger partial charge in [-0.3, -0.25) is 4.79 Å². The lowest BCUT2D eigenvalue weighted by Gasteiger charge is -2.14. The Hall–Kier alpha value is -1.26. The highest BCUT2D eigenvalue weighted by Crippen LogP contribution is 2.24. The average Bonchev–Trinajstić information content (AvgIpc) is 2.68. The van der Waals surface area contributed by atoms with Crippen molar-refractivity contribution in [2.24, 2.45) is 0 Å². The number of aryl methyl sites for hydroxylation is 2. The summed E-state index contributed by atoms with van der Waals surface area (Å²) in [5, 5.41) is 3.35. The van der Waals surface area contributed by atoms with Gasteiger partial charge < -0.3 is 9.73 Å². The van der Waals surface area contributed by atoms with Gasteiger partial charge in [0.1, 0.15) is 11.5 Å². The van der Waals surface area contributed by atoms with Gasteiger partial charge >= 0.3 is 0 Å². The quantitative estimate of drug-likeness (QED) is 0.858. The van der Waals surface area contributed by atoms with Gasteiger partial charge in [-0.15, -0.1) is 0 Å². The number of carbonyl (C=O) groups is 1. The van der Waals surface area contributed by atoms with E-state index in [9.17, 15) is 4.79 Å². The van der Waals surface area contributed by atoms with E-state index in [0.29, 0.717) is 10.6 Å². The van der Waals surface area contributed by atoms with Crippen molar-refractivity contribution in [2.75, 3.05) is 0 Å². The summed E-state index contributed by atoms with van der Waals surface area (Å²) in [5.74, 6) is 1.45. The summed E-state index contributed by atoms with van der Waals surface area (Å²) in [6.07, 6.45) is 0. The van der Waals surface area contributed by atoms with Crippen molar-refractivity contribution in [2.45, 2.75) is 26.8 Å². The third-order valence-electron chi connectivity index (χ3n) is 3.07. The molecule has 1 heterocycles. The highest BCUT2D eigenvalue weighted by Gasteiger charge is 2.17. The molecule has 0 aliphatic rings. The highest BCUT2D eigenvalue weighted by atomic mass is 79.9. The molecule has 0 radical (unpaired) electrons. The maximum Gasteiger partial charge on any atom is 0.253 e. The molecule has 106 valence electrons. The van der Waals surface area contributed by atoms with Gasteiger partial charge in [0.15, 0.2) is 0 Å². The van der Waals surface area contributed by atoms with Crippen LogP contribution in [-0.4, -0.2) is 5.91 Å². The lowest BCUT2D eigenvalue weighted by atomic mass is 10.1. The molecule has 3 nitrogen and oxygen atoms in total. The van der Waals surface area contributed by atoms with Crippen LogP contribution in [-0.2, 0) is 0 Å². The maximum absolute atomic E-state index is 12.2. The fourth-order valence-electron chi connectivity index (χ4n) is 2.11. The van der Waals surface area contributed by atoms with Crippen molar-refractivity contribution in [3.05, 3.63) is 56.4 Å². The van der Waals surface area contributed by atoms with Crippen molar-refractivity contribution in [1.29, 1.82) is 0 Å². The molecule has 0 saturated carbocycles. The molecule has 2 aromatic rings. The number of hydrogen-bond acceptors (Lipinski definition) is 2. The molecule has 5 heteroatoms. The first-order chi connectivity index (χ1) is 9.38. The smallest absolute Gasteiger partial charge is 0.253 e. The van der Waals surface area contributed by atoms with Crippen LogP contribution in [0, 0.1) is 13.8 Å². The predicted molar refractivity (Wildman–Crippen MR) is 83.2 cm³/mol. The van der Waals surface area contributed by atoms with Crippen LogP contribution in [0.3, 0.4) is 0 Å². The molecule has 0 saturated heterocycles. The Kier molecular flexibility index (Phi) is 4.55. The van der Waals surface area contributed by atoms with Gasteiger partial charge in [-0.1, -0.05) is 27.5 Å². The molecule has 0 aliphatic carbocycles. The topological polar surface area (TPSA) is 42.2 Å². The third kappa shape index (κ3) is 3.25. The van der Waals surface area contributed by atoms with E-state index in [1.165, 1.54) is 0 Å². The Morgan fingerprint density at radius 3 is 2.60 bits per heavy atom. The van der Waals surface area contributed by atoms with Gasteiger partial charge in [-0.25, -0.2) is 0 Å². The van der Waals surface area contributed by atoms with Gasteiger partial charge in [-0.05, 0) is 45.0 Å². The summed E-state index contributed by atoms with van der Waals surface area (Å²) in [5.41, 5.74) is 1.43. The second kappa shape index (κ2) is 6.02. The SMILES string of the molecule is Cc1cc(C(C)NC(=O)c2ccc(Br)cc2Cl)c(C)o1. The number of halogens is 2. The molecule has 0 fully saturated rings. The Morgan fingerprint density at radius 1 is 1.35 bits per heavy atom. The highest BCUT2D eigenvalue weighted by molar-refractivity contribution is 9.10. The van der Waals surface area contributed by atoms with E-state index in [4.69, 9.17) is 16.0 Å². The standard InChI is InChI=1S/C15H15BrClNO2/c1-8-6-13(10(3)20-8)9(2)18-15(19)12-5-4-11(16)7-14(12)17/h4-7,9H,1-3H3,(H,18,19). The van der Waals surface area contributed by atoms with E-state index >= 15 is 0 Å². The monoisotopic (exact) mass is 355 g/mol. The van der Waals surface area contributed by atoms with Crippen LogP contribution in [0.15, 0.2) is 33.2 Å².